The maximum absolute atomic E-state index is 11.0. The number of thiophene rings is 1. The number of nitrogens with zero attached hydrogens (tertiary/aromatic N) is 1. The Kier molecular flexibility index (Phi) is 3.25. The average Bonchev–Trinajstić information content (AvgIpc) is 2.91. The van der Waals surface area contributed by atoms with E-state index in [1.165, 1.54) is 11.3 Å². The molecular weight excluding hydrogens is 258 g/mol. The molecule has 0 unspecified atom stereocenters. The molecule has 1 aromatic carbocycles. The molecule has 1 aliphatic rings. The predicted molar refractivity (Wildman–Crippen MR) is 77.1 cm³/mol. The van der Waals surface area contributed by atoms with Crippen LogP contribution in [0.5, 0.6) is 0 Å². The zero-order valence-corrected chi connectivity index (χ0v) is 11.3. The van der Waals surface area contributed by atoms with Crippen molar-refractivity contribution in [2.45, 2.75) is 19.4 Å². The normalized spacial score (nSPS) is 14.2. The summed E-state index contributed by atoms with van der Waals surface area (Å²) in [6.07, 6.45) is 2.05. The third-order valence-corrected chi connectivity index (χ3v) is 4.23. The zero-order chi connectivity index (χ0) is 13.2. The van der Waals surface area contributed by atoms with Crippen LogP contribution in [0.4, 0.5) is 5.69 Å². The lowest BCUT2D eigenvalue weighted by Gasteiger charge is -2.31. The van der Waals surface area contributed by atoms with Crippen LogP contribution < -0.4 is 4.90 Å². The van der Waals surface area contributed by atoms with Gasteiger partial charge in [-0.25, -0.2) is 4.79 Å². The highest BCUT2D eigenvalue weighted by atomic mass is 32.1. The summed E-state index contributed by atoms with van der Waals surface area (Å²) in [5.41, 5.74) is 4.04. The molecule has 2 heterocycles. The Bertz CT molecular complexity index is 592. The number of carboxylic acid groups (broad SMARTS) is 1. The van der Waals surface area contributed by atoms with Crippen molar-refractivity contribution in [3.8, 4) is 0 Å². The second kappa shape index (κ2) is 5.05. The van der Waals surface area contributed by atoms with Crippen molar-refractivity contribution < 1.29 is 9.90 Å². The van der Waals surface area contributed by atoms with Crippen molar-refractivity contribution >= 4 is 23.0 Å². The van der Waals surface area contributed by atoms with Crippen molar-refractivity contribution in [2.75, 3.05) is 11.4 Å². The van der Waals surface area contributed by atoms with Gasteiger partial charge in [-0.05, 0) is 59.0 Å². The van der Waals surface area contributed by atoms with Gasteiger partial charge in [0.1, 0.15) is 0 Å². The first-order valence-corrected chi connectivity index (χ1v) is 7.30. The van der Waals surface area contributed by atoms with Gasteiger partial charge in [-0.1, -0.05) is 0 Å². The minimum absolute atomic E-state index is 0.385. The maximum Gasteiger partial charge on any atom is 0.335 e. The van der Waals surface area contributed by atoms with Crippen LogP contribution in [-0.4, -0.2) is 17.6 Å². The van der Waals surface area contributed by atoms with Gasteiger partial charge in [-0.2, -0.15) is 11.3 Å². The van der Waals surface area contributed by atoms with Crippen LogP contribution in [0.25, 0.3) is 0 Å². The first-order valence-electron chi connectivity index (χ1n) is 6.36. The number of carbonyl (C=O) groups is 1. The highest BCUT2D eigenvalue weighted by Crippen LogP contribution is 2.29. The van der Waals surface area contributed by atoms with Gasteiger partial charge in [-0.15, -0.1) is 0 Å². The molecule has 4 heteroatoms. The molecule has 3 rings (SSSR count). The van der Waals surface area contributed by atoms with Gasteiger partial charge in [0, 0.05) is 18.8 Å². The fraction of sp³-hybridized carbons (Fsp3) is 0.267. The van der Waals surface area contributed by atoms with Crippen LogP contribution in [0.2, 0.25) is 0 Å². The minimum Gasteiger partial charge on any atom is -0.478 e. The average molecular weight is 273 g/mol. The van der Waals surface area contributed by atoms with E-state index < -0.39 is 5.97 Å². The van der Waals surface area contributed by atoms with E-state index in [9.17, 15) is 4.79 Å². The third-order valence-electron chi connectivity index (χ3n) is 3.49. The molecule has 98 valence electrons. The third kappa shape index (κ3) is 2.49. The molecule has 1 aromatic heterocycles. The second-order valence-electron chi connectivity index (χ2n) is 4.81. The monoisotopic (exact) mass is 273 g/mol. The number of aryl methyl sites for hydroxylation is 1. The molecule has 1 aliphatic heterocycles. The van der Waals surface area contributed by atoms with Crippen molar-refractivity contribution in [1.82, 2.24) is 0 Å². The first-order chi connectivity index (χ1) is 9.24. The summed E-state index contributed by atoms with van der Waals surface area (Å²) < 4.78 is 0. The molecule has 0 spiro atoms. The van der Waals surface area contributed by atoms with E-state index in [-0.39, 0.29) is 0 Å². The van der Waals surface area contributed by atoms with E-state index in [1.54, 1.807) is 17.4 Å². The molecule has 0 aliphatic carbocycles. The molecule has 0 bridgehead atoms. The molecule has 3 nitrogen and oxygen atoms in total. The molecule has 0 fully saturated rings. The SMILES string of the molecule is O=C(O)c1ccc2c(c1)CCCN2Cc1ccsc1. The Morgan fingerprint density at radius 2 is 2.26 bits per heavy atom. The molecule has 2 aromatic rings. The van der Waals surface area contributed by atoms with Crippen molar-refractivity contribution in [1.29, 1.82) is 0 Å². The highest BCUT2D eigenvalue weighted by molar-refractivity contribution is 7.07. The Morgan fingerprint density at radius 1 is 1.37 bits per heavy atom. The summed E-state index contributed by atoms with van der Waals surface area (Å²) >= 11 is 1.71. The summed E-state index contributed by atoms with van der Waals surface area (Å²) in [5.74, 6) is -0.849. The van der Waals surface area contributed by atoms with E-state index in [2.05, 4.69) is 21.7 Å². The van der Waals surface area contributed by atoms with Gasteiger partial charge in [-0.3, -0.25) is 0 Å². The maximum atomic E-state index is 11.0. The fourth-order valence-corrected chi connectivity index (χ4v) is 3.24. The lowest BCUT2D eigenvalue weighted by molar-refractivity contribution is 0.0697. The Balaban J connectivity index is 1.89. The number of fused-ring (bicyclic) bond motifs is 1. The largest absolute Gasteiger partial charge is 0.478 e. The highest BCUT2D eigenvalue weighted by Gasteiger charge is 2.18. The smallest absolute Gasteiger partial charge is 0.335 e. The first kappa shape index (κ1) is 12.2. The van der Waals surface area contributed by atoms with Crippen LogP contribution in [-0.2, 0) is 13.0 Å². The Hall–Kier alpha value is -1.81. The van der Waals surface area contributed by atoms with Crippen LogP contribution in [0.15, 0.2) is 35.0 Å². The zero-order valence-electron chi connectivity index (χ0n) is 10.5. The summed E-state index contributed by atoms with van der Waals surface area (Å²) in [6.45, 7) is 1.94. The van der Waals surface area contributed by atoms with Gasteiger partial charge < -0.3 is 10.0 Å². The van der Waals surface area contributed by atoms with E-state index in [4.69, 9.17) is 5.11 Å². The van der Waals surface area contributed by atoms with E-state index in [0.717, 1.165) is 31.5 Å². The molecule has 1 N–H and O–H groups in total. The number of hydrogen-bond donors (Lipinski definition) is 1. The van der Waals surface area contributed by atoms with E-state index in [0.29, 0.717) is 5.56 Å². The fourth-order valence-electron chi connectivity index (χ4n) is 2.58. The van der Waals surface area contributed by atoms with Crippen molar-refractivity contribution in [2.24, 2.45) is 0 Å². The van der Waals surface area contributed by atoms with Gasteiger partial charge in [0.25, 0.3) is 0 Å². The molecule has 0 radical (unpaired) electrons. The van der Waals surface area contributed by atoms with Crippen LogP contribution >= 0.6 is 11.3 Å². The van der Waals surface area contributed by atoms with E-state index in [1.807, 2.05) is 12.1 Å². The minimum atomic E-state index is -0.849. The van der Waals surface area contributed by atoms with Crippen molar-refractivity contribution in [3.63, 3.8) is 0 Å². The summed E-state index contributed by atoms with van der Waals surface area (Å²) in [7, 11) is 0. The molecule has 0 saturated carbocycles. The lowest BCUT2D eigenvalue weighted by atomic mass is 9.99. The number of carboxylic acids is 1. The number of hydrogen-bond acceptors (Lipinski definition) is 3. The van der Waals surface area contributed by atoms with Gasteiger partial charge in [0.2, 0.25) is 0 Å². The standard InChI is InChI=1S/C15H15NO2S/c17-15(18)13-3-4-14-12(8-13)2-1-6-16(14)9-11-5-7-19-10-11/h3-5,7-8,10H,1-2,6,9H2,(H,17,18). The molecule has 0 atom stereocenters. The van der Waals surface area contributed by atoms with Gasteiger partial charge in [0.15, 0.2) is 0 Å². The van der Waals surface area contributed by atoms with Gasteiger partial charge >= 0.3 is 5.97 Å². The predicted octanol–water partition coefficient (Wildman–Crippen LogP) is 3.40. The number of aromatic carboxylic acids is 1. The Morgan fingerprint density at radius 3 is 3.00 bits per heavy atom. The summed E-state index contributed by atoms with van der Waals surface area (Å²) in [4.78, 5) is 13.4. The Labute approximate surface area is 116 Å². The molecule has 0 amide bonds. The number of anilines is 1. The van der Waals surface area contributed by atoms with Crippen LogP contribution in [0.3, 0.4) is 0 Å². The number of rotatable bonds is 3. The quantitative estimate of drug-likeness (QED) is 0.931. The topological polar surface area (TPSA) is 40.5 Å². The lowest BCUT2D eigenvalue weighted by Crippen LogP contribution is -2.28. The summed E-state index contributed by atoms with van der Waals surface area (Å²) in [6, 6.07) is 7.61. The van der Waals surface area contributed by atoms with Crippen molar-refractivity contribution in [3.05, 3.63) is 51.7 Å². The number of benzene rings is 1. The van der Waals surface area contributed by atoms with E-state index >= 15 is 0 Å². The summed E-state index contributed by atoms with van der Waals surface area (Å²) in [5, 5.41) is 13.3. The second-order valence-corrected chi connectivity index (χ2v) is 5.59. The van der Waals surface area contributed by atoms with Crippen LogP contribution in [0, 0.1) is 0 Å². The van der Waals surface area contributed by atoms with Crippen LogP contribution in [0.1, 0.15) is 27.9 Å². The molecular formula is C15H15NO2S. The molecule has 0 saturated heterocycles. The molecule has 19 heavy (non-hydrogen) atoms. The van der Waals surface area contributed by atoms with Gasteiger partial charge in [0.05, 0.1) is 5.56 Å².